The Morgan fingerprint density at radius 1 is 1.16 bits per heavy atom. The number of methoxy groups -OCH3 is 2. The molecule has 0 spiro atoms. The first-order valence-corrected chi connectivity index (χ1v) is 8.37. The summed E-state index contributed by atoms with van der Waals surface area (Å²) in [5.41, 5.74) is 0.157. The summed E-state index contributed by atoms with van der Waals surface area (Å²) >= 11 is 0. The highest BCUT2D eigenvalue weighted by molar-refractivity contribution is 7.89. The van der Waals surface area contributed by atoms with E-state index in [-0.39, 0.29) is 10.6 Å². The van der Waals surface area contributed by atoms with Crippen LogP contribution in [-0.2, 0) is 10.0 Å². The SMILES string of the molecule is COc1ccc(OC)c(/C=N/NS(=O)(=O)c2cccc([N+](=O)[O-])c2)c1. The Labute approximate surface area is 144 Å². The number of nitro benzene ring substituents is 1. The third-order valence-corrected chi connectivity index (χ3v) is 4.37. The number of non-ortho nitro benzene ring substituents is 1. The summed E-state index contributed by atoms with van der Waals surface area (Å²) in [5.74, 6) is 1.02. The van der Waals surface area contributed by atoms with Gasteiger partial charge in [0, 0.05) is 17.7 Å². The summed E-state index contributed by atoms with van der Waals surface area (Å²) in [5, 5.41) is 14.4. The molecule has 2 aromatic carbocycles. The van der Waals surface area contributed by atoms with E-state index in [2.05, 4.69) is 5.10 Å². The van der Waals surface area contributed by atoms with Crippen molar-refractivity contribution in [3.8, 4) is 11.5 Å². The van der Waals surface area contributed by atoms with Crippen molar-refractivity contribution in [2.45, 2.75) is 4.90 Å². The molecule has 0 bridgehead atoms. The molecular weight excluding hydrogens is 350 g/mol. The average Bonchev–Trinajstić information content (AvgIpc) is 2.61. The van der Waals surface area contributed by atoms with Gasteiger partial charge in [0.2, 0.25) is 0 Å². The van der Waals surface area contributed by atoms with Gasteiger partial charge in [-0.2, -0.15) is 13.5 Å². The van der Waals surface area contributed by atoms with Gasteiger partial charge in [-0.25, -0.2) is 4.83 Å². The molecule has 2 rings (SSSR count). The minimum atomic E-state index is -4.05. The predicted octanol–water partition coefficient (Wildman–Crippen LogP) is 1.92. The van der Waals surface area contributed by atoms with E-state index in [0.29, 0.717) is 17.1 Å². The average molecular weight is 365 g/mol. The topological polar surface area (TPSA) is 120 Å². The minimum absolute atomic E-state index is 0.267. The van der Waals surface area contributed by atoms with Gasteiger partial charge in [0.25, 0.3) is 15.7 Å². The smallest absolute Gasteiger partial charge is 0.276 e. The lowest BCUT2D eigenvalue weighted by Crippen LogP contribution is -2.18. The normalized spacial score (nSPS) is 11.3. The maximum Gasteiger partial charge on any atom is 0.276 e. The van der Waals surface area contributed by atoms with E-state index in [9.17, 15) is 18.5 Å². The molecule has 0 heterocycles. The number of hydrogen-bond acceptors (Lipinski definition) is 7. The Balaban J connectivity index is 2.24. The van der Waals surface area contributed by atoms with Gasteiger partial charge in [-0.1, -0.05) is 6.07 Å². The molecule has 132 valence electrons. The van der Waals surface area contributed by atoms with Gasteiger partial charge in [-0.05, 0) is 24.3 Å². The first-order chi connectivity index (χ1) is 11.9. The number of rotatable bonds is 7. The molecule has 1 N–H and O–H groups in total. The van der Waals surface area contributed by atoms with Gasteiger partial charge in [0.15, 0.2) is 0 Å². The van der Waals surface area contributed by atoms with Crippen LogP contribution in [0.5, 0.6) is 11.5 Å². The zero-order valence-corrected chi connectivity index (χ0v) is 14.2. The number of hydrazone groups is 1. The molecule has 0 atom stereocenters. The van der Waals surface area contributed by atoms with E-state index < -0.39 is 14.9 Å². The zero-order chi connectivity index (χ0) is 18.4. The zero-order valence-electron chi connectivity index (χ0n) is 13.4. The van der Waals surface area contributed by atoms with Crippen molar-refractivity contribution in [3.63, 3.8) is 0 Å². The van der Waals surface area contributed by atoms with Gasteiger partial charge in [-0.3, -0.25) is 10.1 Å². The summed E-state index contributed by atoms with van der Waals surface area (Å²) < 4.78 is 34.6. The third kappa shape index (κ3) is 4.44. The summed E-state index contributed by atoms with van der Waals surface area (Å²) in [6, 6.07) is 9.61. The monoisotopic (exact) mass is 365 g/mol. The van der Waals surface area contributed by atoms with Crippen LogP contribution in [0, 0.1) is 10.1 Å². The van der Waals surface area contributed by atoms with Crippen LogP contribution in [-0.4, -0.2) is 33.8 Å². The fraction of sp³-hybridized carbons (Fsp3) is 0.133. The Morgan fingerprint density at radius 3 is 2.56 bits per heavy atom. The second kappa shape index (κ2) is 7.62. The van der Waals surface area contributed by atoms with Gasteiger partial charge in [0.1, 0.15) is 11.5 Å². The second-order valence-electron chi connectivity index (χ2n) is 4.72. The van der Waals surface area contributed by atoms with E-state index >= 15 is 0 Å². The van der Waals surface area contributed by atoms with Crippen molar-refractivity contribution in [1.29, 1.82) is 0 Å². The predicted molar refractivity (Wildman–Crippen MR) is 90.6 cm³/mol. The van der Waals surface area contributed by atoms with Crippen LogP contribution >= 0.6 is 0 Å². The summed E-state index contributed by atoms with van der Waals surface area (Å²) in [6.07, 6.45) is 1.25. The quantitative estimate of drug-likeness (QED) is 0.455. The molecule has 0 aliphatic rings. The fourth-order valence-electron chi connectivity index (χ4n) is 1.92. The first kappa shape index (κ1) is 18.2. The molecule has 0 aromatic heterocycles. The Morgan fingerprint density at radius 2 is 1.92 bits per heavy atom. The highest BCUT2D eigenvalue weighted by atomic mass is 32.2. The molecule has 0 aliphatic carbocycles. The Hall–Kier alpha value is -3.14. The van der Waals surface area contributed by atoms with Crippen LogP contribution in [0.15, 0.2) is 52.5 Å². The van der Waals surface area contributed by atoms with Crippen LogP contribution in [0.3, 0.4) is 0 Å². The van der Waals surface area contributed by atoms with Crippen molar-refractivity contribution >= 4 is 21.9 Å². The molecule has 0 fully saturated rings. The second-order valence-corrected chi connectivity index (χ2v) is 6.38. The molecule has 0 amide bonds. The minimum Gasteiger partial charge on any atom is -0.497 e. The highest BCUT2D eigenvalue weighted by Crippen LogP contribution is 2.22. The van der Waals surface area contributed by atoms with Gasteiger partial charge in [-0.15, -0.1) is 0 Å². The van der Waals surface area contributed by atoms with Crippen LogP contribution in [0.2, 0.25) is 0 Å². The van der Waals surface area contributed by atoms with Crippen LogP contribution in [0.4, 0.5) is 5.69 Å². The summed E-state index contributed by atoms with van der Waals surface area (Å²) in [4.78, 5) is 11.8. The maximum atomic E-state index is 12.2. The lowest BCUT2D eigenvalue weighted by atomic mass is 10.2. The van der Waals surface area contributed by atoms with E-state index in [1.54, 1.807) is 18.2 Å². The standard InChI is InChI=1S/C15H15N3O6S/c1-23-13-6-7-15(24-2)11(8-13)10-16-17-25(21,22)14-5-3-4-12(9-14)18(19)20/h3-10,17H,1-2H3/b16-10+. The number of benzene rings is 2. The number of sulfonamides is 1. The Kier molecular flexibility index (Phi) is 5.55. The van der Waals surface area contributed by atoms with E-state index in [0.717, 1.165) is 6.07 Å². The van der Waals surface area contributed by atoms with Crippen molar-refractivity contribution in [2.75, 3.05) is 14.2 Å². The molecule has 0 saturated heterocycles. The van der Waals surface area contributed by atoms with Crippen molar-refractivity contribution in [2.24, 2.45) is 5.10 Å². The van der Waals surface area contributed by atoms with Crippen molar-refractivity contribution in [1.82, 2.24) is 4.83 Å². The van der Waals surface area contributed by atoms with Gasteiger partial charge in [0.05, 0.1) is 30.3 Å². The van der Waals surface area contributed by atoms with Crippen molar-refractivity contribution < 1.29 is 22.8 Å². The highest BCUT2D eigenvalue weighted by Gasteiger charge is 2.16. The van der Waals surface area contributed by atoms with Crippen LogP contribution < -0.4 is 14.3 Å². The van der Waals surface area contributed by atoms with E-state index in [4.69, 9.17) is 9.47 Å². The number of nitro groups is 1. The maximum absolute atomic E-state index is 12.2. The van der Waals surface area contributed by atoms with Crippen LogP contribution in [0.1, 0.15) is 5.56 Å². The molecule has 2 aromatic rings. The largest absolute Gasteiger partial charge is 0.497 e. The van der Waals surface area contributed by atoms with Crippen LogP contribution in [0.25, 0.3) is 0 Å². The molecule has 0 unspecified atom stereocenters. The summed E-state index contributed by atoms with van der Waals surface area (Å²) in [7, 11) is -1.09. The third-order valence-electron chi connectivity index (χ3n) is 3.15. The lowest BCUT2D eigenvalue weighted by Gasteiger charge is -2.07. The first-order valence-electron chi connectivity index (χ1n) is 6.88. The molecule has 0 aliphatic heterocycles. The number of nitrogens with one attached hydrogen (secondary N) is 1. The number of ether oxygens (including phenoxy) is 2. The molecule has 0 saturated carbocycles. The van der Waals surface area contributed by atoms with E-state index in [1.807, 2.05) is 4.83 Å². The van der Waals surface area contributed by atoms with E-state index in [1.165, 1.54) is 38.6 Å². The number of nitrogens with zero attached hydrogens (tertiary/aromatic N) is 2. The molecule has 0 radical (unpaired) electrons. The lowest BCUT2D eigenvalue weighted by molar-refractivity contribution is -0.385. The van der Waals surface area contributed by atoms with Gasteiger partial charge >= 0.3 is 0 Å². The Bertz CT molecular complexity index is 911. The summed E-state index contributed by atoms with van der Waals surface area (Å²) in [6.45, 7) is 0. The molecule has 25 heavy (non-hydrogen) atoms. The molecule has 9 nitrogen and oxygen atoms in total. The molecule has 10 heteroatoms. The number of hydrogen-bond donors (Lipinski definition) is 1. The van der Waals surface area contributed by atoms with Gasteiger partial charge < -0.3 is 9.47 Å². The van der Waals surface area contributed by atoms with Crippen molar-refractivity contribution in [3.05, 3.63) is 58.1 Å². The molecular formula is C15H15N3O6S. The fourth-order valence-corrected chi connectivity index (χ4v) is 2.75.